The van der Waals surface area contributed by atoms with Gasteiger partial charge in [0.2, 0.25) is 0 Å². The summed E-state index contributed by atoms with van der Waals surface area (Å²) in [5, 5.41) is 12.6. The van der Waals surface area contributed by atoms with Gasteiger partial charge in [-0.05, 0) is 80.8 Å². The molecule has 1 aliphatic rings. The molecule has 0 spiro atoms. The molecule has 3 aromatic rings. The SMILES string of the molecule is C=c1ccc(-c2cn[nH]c2-c2cccc(C)n2)n/c1=C/C(=C\C)C1CCNCC1. The molecule has 4 heterocycles. The second-order valence-electron chi connectivity index (χ2n) is 7.52. The van der Waals surface area contributed by atoms with Gasteiger partial charge in [0.1, 0.15) is 0 Å². The zero-order valence-electron chi connectivity index (χ0n) is 17.1. The Morgan fingerprint density at radius 3 is 2.69 bits per heavy atom. The lowest BCUT2D eigenvalue weighted by atomic mass is 9.89. The summed E-state index contributed by atoms with van der Waals surface area (Å²) in [5.41, 5.74) is 5.88. The van der Waals surface area contributed by atoms with Crippen LogP contribution in [0, 0.1) is 12.8 Å². The first kappa shape index (κ1) is 19.3. The highest BCUT2D eigenvalue weighted by molar-refractivity contribution is 5.76. The van der Waals surface area contributed by atoms with E-state index in [-0.39, 0.29) is 0 Å². The van der Waals surface area contributed by atoms with Crippen molar-refractivity contribution in [3.8, 4) is 22.6 Å². The average Bonchev–Trinajstić information content (AvgIpc) is 3.24. The van der Waals surface area contributed by atoms with E-state index in [9.17, 15) is 0 Å². The molecule has 0 aliphatic carbocycles. The van der Waals surface area contributed by atoms with Gasteiger partial charge in [-0.2, -0.15) is 5.10 Å². The van der Waals surface area contributed by atoms with Gasteiger partial charge in [0, 0.05) is 11.3 Å². The number of H-pyrrole nitrogens is 1. The Bertz CT molecular complexity index is 1140. The molecule has 2 N–H and O–H groups in total. The number of hydrogen-bond acceptors (Lipinski definition) is 4. The van der Waals surface area contributed by atoms with Crippen LogP contribution in [0.25, 0.3) is 35.3 Å². The Balaban J connectivity index is 1.75. The number of aromatic nitrogens is 4. The summed E-state index contributed by atoms with van der Waals surface area (Å²) in [6.45, 7) is 10.4. The van der Waals surface area contributed by atoms with Crippen LogP contribution in [0.4, 0.5) is 0 Å². The minimum atomic E-state index is 0.576. The summed E-state index contributed by atoms with van der Waals surface area (Å²) in [6.07, 6.45) is 8.55. The Labute approximate surface area is 171 Å². The Hall–Kier alpha value is -3.05. The third kappa shape index (κ3) is 4.20. The highest BCUT2D eigenvalue weighted by Gasteiger charge is 2.16. The number of pyridine rings is 2. The van der Waals surface area contributed by atoms with Crippen LogP contribution >= 0.6 is 0 Å². The smallest absolute Gasteiger partial charge is 0.0928 e. The number of aromatic amines is 1. The fraction of sp³-hybridized carbons (Fsp3) is 0.292. The fourth-order valence-corrected chi connectivity index (χ4v) is 3.89. The van der Waals surface area contributed by atoms with E-state index in [0.717, 1.165) is 64.8 Å². The van der Waals surface area contributed by atoms with Crippen LogP contribution in [0.2, 0.25) is 0 Å². The molecule has 0 amide bonds. The highest BCUT2D eigenvalue weighted by Crippen LogP contribution is 2.27. The Morgan fingerprint density at radius 1 is 1.10 bits per heavy atom. The standard InChI is InChI=1S/C24H27N5/c1-4-18(19-10-12-25-13-11-19)14-23-16(2)8-9-21(28-23)20-15-26-29-24(20)22-7-5-6-17(3)27-22/h4-9,14-15,19,25H,2,10-13H2,1,3H3,(H,26,29)/b18-4+,23-14+. The molecule has 4 rings (SSSR count). The van der Waals surface area contributed by atoms with Crippen molar-refractivity contribution in [2.45, 2.75) is 26.7 Å². The average molecular weight is 386 g/mol. The van der Waals surface area contributed by atoms with Crippen LogP contribution < -0.4 is 15.9 Å². The van der Waals surface area contributed by atoms with Gasteiger partial charge >= 0.3 is 0 Å². The normalized spacial score (nSPS) is 16.3. The largest absolute Gasteiger partial charge is 0.317 e. The fourth-order valence-electron chi connectivity index (χ4n) is 3.89. The number of nitrogens with zero attached hydrogens (tertiary/aromatic N) is 3. The summed E-state index contributed by atoms with van der Waals surface area (Å²) in [6, 6.07) is 10.0. The number of hydrogen-bond donors (Lipinski definition) is 2. The van der Waals surface area contributed by atoms with Crippen molar-refractivity contribution in [1.82, 2.24) is 25.5 Å². The Kier molecular flexibility index (Phi) is 5.67. The maximum atomic E-state index is 4.94. The predicted molar refractivity (Wildman–Crippen MR) is 118 cm³/mol. The Morgan fingerprint density at radius 2 is 1.93 bits per heavy atom. The number of nitrogens with one attached hydrogen (secondary N) is 2. The van der Waals surface area contributed by atoms with Crippen molar-refractivity contribution < 1.29 is 0 Å². The van der Waals surface area contributed by atoms with Crippen molar-refractivity contribution in [1.29, 1.82) is 0 Å². The second kappa shape index (κ2) is 8.53. The van der Waals surface area contributed by atoms with Gasteiger partial charge < -0.3 is 5.32 Å². The summed E-state index contributed by atoms with van der Waals surface area (Å²) < 4.78 is 0. The van der Waals surface area contributed by atoms with Gasteiger partial charge in [0.05, 0.1) is 28.6 Å². The maximum Gasteiger partial charge on any atom is 0.0928 e. The molecule has 148 valence electrons. The van der Waals surface area contributed by atoms with E-state index in [1.807, 2.05) is 43.5 Å². The van der Waals surface area contributed by atoms with Crippen LogP contribution in [0.15, 0.2) is 48.2 Å². The molecule has 1 saturated heterocycles. The predicted octanol–water partition coefficient (Wildman–Crippen LogP) is 2.98. The molecule has 0 unspecified atom stereocenters. The van der Waals surface area contributed by atoms with Gasteiger partial charge in [-0.3, -0.25) is 10.1 Å². The minimum absolute atomic E-state index is 0.576. The van der Waals surface area contributed by atoms with Crippen molar-refractivity contribution in [3.63, 3.8) is 0 Å². The van der Waals surface area contributed by atoms with Gasteiger partial charge in [0.15, 0.2) is 0 Å². The van der Waals surface area contributed by atoms with E-state index < -0.39 is 0 Å². The third-order valence-corrected chi connectivity index (χ3v) is 5.52. The van der Waals surface area contributed by atoms with Crippen molar-refractivity contribution in [2.75, 3.05) is 13.1 Å². The first-order valence-corrected chi connectivity index (χ1v) is 10.2. The monoisotopic (exact) mass is 385 g/mol. The summed E-state index contributed by atoms with van der Waals surface area (Å²) in [5.74, 6) is 0.576. The van der Waals surface area contributed by atoms with Crippen LogP contribution in [-0.4, -0.2) is 33.3 Å². The lowest BCUT2D eigenvalue weighted by Crippen LogP contribution is -2.31. The van der Waals surface area contributed by atoms with Crippen LogP contribution in [0.3, 0.4) is 0 Å². The van der Waals surface area contributed by atoms with E-state index in [1.165, 1.54) is 5.57 Å². The van der Waals surface area contributed by atoms with E-state index >= 15 is 0 Å². The van der Waals surface area contributed by atoms with E-state index in [1.54, 1.807) is 0 Å². The van der Waals surface area contributed by atoms with Crippen molar-refractivity contribution >= 4 is 12.7 Å². The van der Waals surface area contributed by atoms with E-state index in [4.69, 9.17) is 4.98 Å². The van der Waals surface area contributed by atoms with Crippen LogP contribution in [0.5, 0.6) is 0 Å². The minimum Gasteiger partial charge on any atom is -0.317 e. The maximum absolute atomic E-state index is 4.94. The van der Waals surface area contributed by atoms with E-state index in [0.29, 0.717) is 5.92 Å². The molecule has 0 bridgehead atoms. The van der Waals surface area contributed by atoms with Crippen molar-refractivity contribution in [2.24, 2.45) is 5.92 Å². The van der Waals surface area contributed by atoms with Gasteiger partial charge in [0.25, 0.3) is 0 Å². The van der Waals surface area contributed by atoms with Crippen LogP contribution in [-0.2, 0) is 0 Å². The third-order valence-electron chi connectivity index (χ3n) is 5.52. The zero-order chi connectivity index (χ0) is 20.2. The molecule has 1 fully saturated rings. The number of aryl methyl sites for hydroxylation is 1. The first-order valence-electron chi connectivity index (χ1n) is 10.2. The van der Waals surface area contributed by atoms with Gasteiger partial charge in [-0.15, -0.1) is 0 Å². The molecule has 29 heavy (non-hydrogen) atoms. The number of rotatable bonds is 4. The second-order valence-corrected chi connectivity index (χ2v) is 7.52. The topological polar surface area (TPSA) is 66.5 Å². The summed E-state index contributed by atoms with van der Waals surface area (Å²) >= 11 is 0. The molecule has 0 saturated carbocycles. The molecule has 5 heteroatoms. The molecule has 1 aliphatic heterocycles. The first-order chi connectivity index (χ1) is 14.2. The van der Waals surface area contributed by atoms with Gasteiger partial charge in [-0.1, -0.05) is 24.8 Å². The number of allylic oxidation sites excluding steroid dienone is 2. The molecule has 0 aromatic carbocycles. The molecule has 3 aromatic heterocycles. The zero-order valence-corrected chi connectivity index (χ0v) is 17.1. The summed E-state index contributed by atoms with van der Waals surface area (Å²) in [4.78, 5) is 9.57. The lowest BCUT2D eigenvalue weighted by molar-refractivity contribution is 0.427. The van der Waals surface area contributed by atoms with Gasteiger partial charge in [-0.25, -0.2) is 4.98 Å². The van der Waals surface area contributed by atoms with Crippen molar-refractivity contribution in [3.05, 3.63) is 64.4 Å². The number of piperidine rings is 1. The molecule has 5 nitrogen and oxygen atoms in total. The molecular formula is C24H27N5. The quantitative estimate of drug-likeness (QED) is 0.725. The molecule has 0 atom stereocenters. The van der Waals surface area contributed by atoms with Crippen LogP contribution in [0.1, 0.15) is 25.5 Å². The highest BCUT2D eigenvalue weighted by atomic mass is 15.1. The lowest BCUT2D eigenvalue weighted by Gasteiger charge is -2.23. The molecule has 0 radical (unpaired) electrons. The van der Waals surface area contributed by atoms with E-state index in [2.05, 4.69) is 46.2 Å². The molecular weight excluding hydrogens is 358 g/mol. The summed E-state index contributed by atoms with van der Waals surface area (Å²) in [7, 11) is 0.